The Balaban J connectivity index is 1.65. The SMILES string of the molecule is N#CC(F)=CCCC1CCC(OCc2ccc(F)cc2)CC1. The van der Waals surface area contributed by atoms with E-state index in [1.54, 1.807) is 12.1 Å². The van der Waals surface area contributed by atoms with E-state index in [-0.39, 0.29) is 11.9 Å². The van der Waals surface area contributed by atoms with Crippen molar-refractivity contribution in [1.82, 2.24) is 0 Å². The molecule has 1 aliphatic rings. The summed E-state index contributed by atoms with van der Waals surface area (Å²) in [6.45, 7) is 0.520. The molecule has 1 saturated carbocycles. The quantitative estimate of drug-likeness (QED) is 0.688. The lowest BCUT2D eigenvalue weighted by molar-refractivity contribution is 0.00644. The maximum Gasteiger partial charge on any atom is 0.196 e. The van der Waals surface area contributed by atoms with Gasteiger partial charge in [0.05, 0.1) is 12.7 Å². The van der Waals surface area contributed by atoms with E-state index in [1.165, 1.54) is 24.3 Å². The van der Waals surface area contributed by atoms with Crippen molar-refractivity contribution in [3.8, 4) is 6.07 Å². The highest BCUT2D eigenvalue weighted by atomic mass is 19.1. The van der Waals surface area contributed by atoms with Crippen molar-refractivity contribution in [2.45, 2.75) is 51.2 Å². The molecule has 0 heterocycles. The highest BCUT2D eigenvalue weighted by Crippen LogP contribution is 2.30. The van der Waals surface area contributed by atoms with E-state index in [4.69, 9.17) is 10.00 Å². The molecule has 0 radical (unpaired) electrons. The maximum atomic E-state index is 12.8. The molecule has 1 aromatic rings. The number of hydrogen-bond donors (Lipinski definition) is 0. The van der Waals surface area contributed by atoms with E-state index in [2.05, 4.69) is 0 Å². The normalized spacial score (nSPS) is 22.3. The van der Waals surface area contributed by atoms with Crippen LogP contribution < -0.4 is 0 Å². The van der Waals surface area contributed by atoms with Crippen LogP contribution in [-0.4, -0.2) is 6.10 Å². The fraction of sp³-hybridized carbons (Fsp3) is 0.500. The van der Waals surface area contributed by atoms with Crippen LogP contribution in [0.15, 0.2) is 36.2 Å². The Labute approximate surface area is 130 Å². The van der Waals surface area contributed by atoms with Gasteiger partial charge in [-0.15, -0.1) is 0 Å². The average molecular weight is 305 g/mol. The number of nitrogens with zero attached hydrogens (tertiary/aromatic N) is 1. The zero-order valence-electron chi connectivity index (χ0n) is 12.6. The van der Waals surface area contributed by atoms with Gasteiger partial charge in [-0.05, 0) is 68.2 Å². The van der Waals surface area contributed by atoms with Gasteiger partial charge in [0.15, 0.2) is 5.83 Å². The molecule has 0 aliphatic heterocycles. The largest absolute Gasteiger partial charge is 0.374 e. The monoisotopic (exact) mass is 305 g/mol. The molecule has 0 atom stereocenters. The number of nitriles is 1. The fourth-order valence-corrected chi connectivity index (χ4v) is 2.87. The second-order valence-electron chi connectivity index (χ2n) is 5.82. The Morgan fingerprint density at radius 1 is 1.23 bits per heavy atom. The zero-order valence-corrected chi connectivity index (χ0v) is 12.6. The second kappa shape index (κ2) is 8.65. The number of halogens is 2. The van der Waals surface area contributed by atoms with Gasteiger partial charge < -0.3 is 4.74 Å². The minimum atomic E-state index is -0.684. The first-order chi connectivity index (χ1) is 10.7. The first-order valence-electron chi connectivity index (χ1n) is 7.79. The summed E-state index contributed by atoms with van der Waals surface area (Å²) in [5, 5.41) is 8.34. The molecule has 4 heteroatoms. The van der Waals surface area contributed by atoms with Crippen LogP contribution in [0.5, 0.6) is 0 Å². The van der Waals surface area contributed by atoms with Gasteiger partial charge in [-0.25, -0.2) is 4.39 Å². The number of hydrogen-bond acceptors (Lipinski definition) is 2. The van der Waals surface area contributed by atoms with Gasteiger partial charge in [0, 0.05) is 0 Å². The number of rotatable bonds is 6. The summed E-state index contributed by atoms with van der Waals surface area (Å²) in [4.78, 5) is 0. The minimum Gasteiger partial charge on any atom is -0.374 e. The standard InChI is InChI=1S/C18H21F2NO/c19-16-8-4-15(5-9-16)13-22-18-10-6-14(7-11-18)2-1-3-17(20)12-21/h3-5,8-9,14,18H,1-2,6-7,10-11,13H2. The molecule has 0 saturated heterocycles. The van der Waals surface area contributed by atoms with Crippen molar-refractivity contribution in [2.24, 2.45) is 5.92 Å². The first-order valence-corrected chi connectivity index (χ1v) is 7.79. The van der Waals surface area contributed by atoms with Gasteiger partial charge in [0.25, 0.3) is 0 Å². The number of benzene rings is 1. The van der Waals surface area contributed by atoms with Crippen LogP contribution >= 0.6 is 0 Å². The van der Waals surface area contributed by atoms with E-state index in [0.717, 1.165) is 37.7 Å². The van der Waals surface area contributed by atoms with E-state index in [9.17, 15) is 8.78 Å². The van der Waals surface area contributed by atoms with Crippen LogP contribution in [0, 0.1) is 23.1 Å². The third-order valence-electron chi connectivity index (χ3n) is 4.20. The van der Waals surface area contributed by atoms with Crippen LogP contribution in [0.3, 0.4) is 0 Å². The molecule has 0 unspecified atom stereocenters. The summed E-state index contributed by atoms with van der Waals surface area (Å²) < 4.78 is 31.4. The van der Waals surface area contributed by atoms with Gasteiger partial charge >= 0.3 is 0 Å². The van der Waals surface area contributed by atoms with Gasteiger partial charge in [-0.2, -0.15) is 9.65 Å². The van der Waals surface area contributed by atoms with E-state index >= 15 is 0 Å². The smallest absolute Gasteiger partial charge is 0.196 e. The zero-order chi connectivity index (χ0) is 15.8. The molecule has 118 valence electrons. The lowest BCUT2D eigenvalue weighted by Crippen LogP contribution is -2.21. The molecule has 1 aliphatic carbocycles. The van der Waals surface area contributed by atoms with Gasteiger partial charge in [0.2, 0.25) is 0 Å². The summed E-state index contributed by atoms with van der Waals surface area (Å²) in [6.07, 6.45) is 7.37. The van der Waals surface area contributed by atoms with Crippen LogP contribution in [0.25, 0.3) is 0 Å². The summed E-state index contributed by atoms with van der Waals surface area (Å²) in [6, 6.07) is 7.89. The highest BCUT2D eigenvalue weighted by Gasteiger charge is 2.21. The van der Waals surface area contributed by atoms with E-state index in [1.807, 2.05) is 0 Å². The lowest BCUT2D eigenvalue weighted by Gasteiger charge is -2.28. The summed E-state index contributed by atoms with van der Waals surface area (Å²) in [5.41, 5.74) is 0.987. The Bertz CT molecular complexity index is 525. The van der Waals surface area contributed by atoms with Crippen LogP contribution in [0.1, 0.15) is 44.1 Å². The molecule has 2 nitrogen and oxygen atoms in total. The molecule has 0 aromatic heterocycles. The topological polar surface area (TPSA) is 33.0 Å². The molecule has 0 bridgehead atoms. The molecule has 1 aromatic carbocycles. The highest BCUT2D eigenvalue weighted by molar-refractivity contribution is 5.15. The Kier molecular flexibility index (Phi) is 6.54. The van der Waals surface area contributed by atoms with Gasteiger partial charge in [-0.1, -0.05) is 12.1 Å². The molecule has 0 N–H and O–H groups in total. The Morgan fingerprint density at radius 3 is 2.55 bits per heavy atom. The van der Waals surface area contributed by atoms with Gasteiger partial charge in [0.1, 0.15) is 11.9 Å². The molecular formula is C18H21F2NO. The number of ether oxygens (including phenoxy) is 1. The van der Waals surface area contributed by atoms with Crippen LogP contribution in [0.2, 0.25) is 0 Å². The van der Waals surface area contributed by atoms with E-state index in [0.29, 0.717) is 18.9 Å². The summed E-state index contributed by atoms with van der Waals surface area (Å²) in [7, 11) is 0. The van der Waals surface area contributed by atoms with Crippen molar-refractivity contribution in [2.75, 3.05) is 0 Å². The lowest BCUT2D eigenvalue weighted by atomic mass is 9.84. The molecule has 0 amide bonds. The fourth-order valence-electron chi connectivity index (χ4n) is 2.87. The van der Waals surface area contributed by atoms with E-state index < -0.39 is 5.83 Å². The van der Waals surface area contributed by atoms with Crippen molar-refractivity contribution < 1.29 is 13.5 Å². The van der Waals surface area contributed by atoms with Crippen molar-refractivity contribution >= 4 is 0 Å². The maximum absolute atomic E-state index is 12.8. The van der Waals surface area contributed by atoms with Crippen LogP contribution in [0.4, 0.5) is 8.78 Å². The van der Waals surface area contributed by atoms with Crippen molar-refractivity contribution in [3.05, 3.63) is 47.5 Å². The average Bonchev–Trinajstić information content (AvgIpc) is 2.55. The molecule has 22 heavy (non-hydrogen) atoms. The third kappa shape index (κ3) is 5.57. The minimum absolute atomic E-state index is 0.230. The summed E-state index contributed by atoms with van der Waals surface area (Å²) in [5.74, 6) is -0.323. The number of allylic oxidation sites excluding steroid dienone is 2. The third-order valence-corrected chi connectivity index (χ3v) is 4.20. The van der Waals surface area contributed by atoms with Crippen molar-refractivity contribution in [3.63, 3.8) is 0 Å². The molecule has 1 fully saturated rings. The predicted octanol–water partition coefficient (Wildman–Crippen LogP) is 5.06. The second-order valence-corrected chi connectivity index (χ2v) is 5.82. The predicted molar refractivity (Wildman–Crippen MR) is 81.0 cm³/mol. The summed E-state index contributed by atoms with van der Waals surface area (Å²) >= 11 is 0. The van der Waals surface area contributed by atoms with Crippen LogP contribution in [-0.2, 0) is 11.3 Å². The van der Waals surface area contributed by atoms with Crippen molar-refractivity contribution in [1.29, 1.82) is 5.26 Å². The first kappa shape index (κ1) is 16.6. The molecule has 2 rings (SSSR count). The molecule has 0 spiro atoms. The Morgan fingerprint density at radius 2 is 1.91 bits per heavy atom. The Hall–Kier alpha value is -1.73. The molecular weight excluding hydrogens is 284 g/mol. The van der Waals surface area contributed by atoms with Gasteiger partial charge in [-0.3, -0.25) is 0 Å².